The van der Waals surface area contributed by atoms with Gasteiger partial charge in [-0.2, -0.15) is 0 Å². The molecule has 0 radical (unpaired) electrons. The van der Waals surface area contributed by atoms with Crippen molar-refractivity contribution in [1.82, 2.24) is 9.55 Å². The number of fused-ring (bicyclic) bond motifs is 1. The summed E-state index contributed by atoms with van der Waals surface area (Å²) in [5.74, 6) is -5.32. The zero-order valence-electron chi connectivity index (χ0n) is 9.98. The molecule has 0 aliphatic heterocycles. The van der Waals surface area contributed by atoms with Crippen molar-refractivity contribution in [3.8, 4) is 0 Å². The lowest BCUT2D eigenvalue weighted by Gasteiger charge is -2.05. The predicted octanol–water partition coefficient (Wildman–Crippen LogP) is 3.14. The van der Waals surface area contributed by atoms with Crippen molar-refractivity contribution in [2.75, 3.05) is 0 Å². The number of rotatable bonds is 1. The van der Waals surface area contributed by atoms with E-state index < -0.39 is 28.9 Å². The first kappa shape index (κ1) is 12.4. The largest absolute Gasteiger partial charge is 0.268 e. The molecule has 1 heterocycles. The molecule has 0 saturated heterocycles. The first-order valence-corrected chi connectivity index (χ1v) is 5.70. The maximum atomic E-state index is 13.6. The number of carbonyl (C=O) groups excluding carboxylic acids is 1. The van der Waals surface area contributed by atoms with Gasteiger partial charge in [0.2, 0.25) is 0 Å². The van der Waals surface area contributed by atoms with Gasteiger partial charge in [0.25, 0.3) is 5.91 Å². The van der Waals surface area contributed by atoms with Crippen LogP contribution in [0.1, 0.15) is 10.4 Å². The molecule has 100 valence electrons. The summed E-state index contributed by atoms with van der Waals surface area (Å²) < 4.78 is 40.8. The van der Waals surface area contributed by atoms with Crippen molar-refractivity contribution in [3.05, 3.63) is 65.7 Å². The Kier molecular flexibility index (Phi) is 2.78. The summed E-state index contributed by atoms with van der Waals surface area (Å²) in [6.07, 6.45) is 1.22. The molecule has 1 aromatic heterocycles. The molecule has 3 aromatic rings. The Morgan fingerprint density at radius 2 is 1.75 bits per heavy atom. The average molecular weight is 276 g/mol. The van der Waals surface area contributed by atoms with Gasteiger partial charge in [-0.25, -0.2) is 18.2 Å². The normalized spacial score (nSPS) is 10.9. The van der Waals surface area contributed by atoms with Crippen LogP contribution in [0.3, 0.4) is 0 Å². The van der Waals surface area contributed by atoms with Crippen LogP contribution >= 0.6 is 0 Å². The molecule has 0 fully saturated rings. The van der Waals surface area contributed by atoms with E-state index in [0.29, 0.717) is 17.1 Å². The van der Waals surface area contributed by atoms with Crippen LogP contribution in [0, 0.1) is 17.5 Å². The zero-order valence-corrected chi connectivity index (χ0v) is 9.98. The van der Waals surface area contributed by atoms with Crippen LogP contribution in [0.15, 0.2) is 42.7 Å². The molecular formula is C14H7F3N2O. The number of hydrogen-bond acceptors (Lipinski definition) is 2. The van der Waals surface area contributed by atoms with E-state index in [2.05, 4.69) is 4.98 Å². The second-order valence-electron chi connectivity index (χ2n) is 4.13. The highest BCUT2D eigenvalue weighted by Gasteiger charge is 2.21. The van der Waals surface area contributed by atoms with Crippen LogP contribution < -0.4 is 0 Å². The lowest BCUT2D eigenvalue weighted by molar-refractivity contribution is 0.0959. The third-order valence-corrected chi connectivity index (χ3v) is 2.94. The Bertz CT molecular complexity index is 826. The second-order valence-corrected chi connectivity index (χ2v) is 4.13. The van der Waals surface area contributed by atoms with E-state index in [-0.39, 0.29) is 0 Å². The molecular weight excluding hydrogens is 269 g/mol. The maximum Gasteiger partial charge on any atom is 0.266 e. The standard InChI is InChI=1S/C14H7F3N2O/c15-9-6-5-8(12(16)13(9)17)14(20)19-7-18-10-3-1-2-4-11(10)19/h1-7H. The molecule has 0 aliphatic carbocycles. The van der Waals surface area contributed by atoms with E-state index in [9.17, 15) is 18.0 Å². The number of imidazole rings is 1. The van der Waals surface area contributed by atoms with Crippen molar-refractivity contribution in [3.63, 3.8) is 0 Å². The lowest BCUT2D eigenvalue weighted by atomic mass is 10.2. The van der Waals surface area contributed by atoms with Crippen molar-refractivity contribution < 1.29 is 18.0 Å². The third kappa shape index (κ3) is 1.77. The average Bonchev–Trinajstić information content (AvgIpc) is 2.88. The molecule has 6 heteroatoms. The first-order valence-electron chi connectivity index (χ1n) is 5.70. The minimum absolute atomic E-state index is 0.460. The summed E-state index contributed by atoms with van der Waals surface area (Å²) in [7, 11) is 0. The fraction of sp³-hybridized carbons (Fsp3) is 0. The molecule has 0 saturated carbocycles. The van der Waals surface area contributed by atoms with Gasteiger partial charge in [-0.1, -0.05) is 12.1 Å². The Labute approximate surface area is 111 Å². The number of carbonyl (C=O) groups is 1. The highest BCUT2D eigenvalue weighted by Crippen LogP contribution is 2.19. The minimum Gasteiger partial charge on any atom is -0.268 e. The van der Waals surface area contributed by atoms with Crippen molar-refractivity contribution in [1.29, 1.82) is 0 Å². The Balaban J connectivity index is 2.16. The Morgan fingerprint density at radius 3 is 2.55 bits per heavy atom. The molecule has 20 heavy (non-hydrogen) atoms. The van der Waals surface area contributed by atoms with Gasteiger partial charge >= 0.3 is 0 Å². The summed E-state index contributed by atoms with van der Waals surface area (Å²) in [5.41, 5.74) is 0.456. The maximum absolute atomic E-state index is 13.6. The van der Waals surface area contributed by atoms with Crippen LogP contribution in [-0.2, 0) is 0 Å². The second kappa shape index (κ2) is 4.48. The molecule has 0 spiro atoms. The third-order valence-electron chi connectivity index (χ3n) is 2.94. The summed E-state index contributed by atoms with van der Waals surface area (Å²) in [5, 5.41) is 0. The molecule has 0 bridgehead atoms. The molecule has 0 N–H and O–H groups in total. The number of halogens is 3. The highest BCUT2D eigenvalue weighted by atomic mass is 19.2. The quantitative estimate of drug-likeness (QED) is 0.640. The number of benzene rings is 2. The fourth-order valence-corrected chi connectivity index (χ4v) is 1.94. The van der Waals surface area contributed by atoms with Gasteiger partial charge in [0.05, 0.1) is 16.6 Å². The van der Waals surface area contributed by atoms with Crippen molar-refractivity contribution in [2.45, 2.75) is 0 Å². The van der Waals surface area contributed by atoms with E-state index in [0.717, 1.165) is 10.6 Å². The van der Waals surface area contributed by atoms with Crippen molar-refractivity contribution in [2.24, 2.45) is 0 Å². The van der Waals surface area contributed by atoms with Crippen LogP contribution in [0.5, 0.6) is 0 Å². The van der Waals surface area contributed by atoms with Gasteiger partial charge in [0.1, 0.15) is 6.33 Å². The number of aromatic nitrogens is 2. The van der Waals surface area contributed by atoms with Gasteiger partial charge in [0.15, 0.2) is 17.5 Å². The number of nitrogens with zero attached hydrogens (tertiary/aromatic N) is 2. The fourth-order valence-electron chi connectivity index (χ4n) is 1.94. The highest BCUT2D eigenvalue weighted by molar-refractivity contribution is 6.01. The van der Waals surface area contributed by atoms with Gasteiger partial charge in [-0.3, -0.25) is 9.36 Å². The van der Waals surface area contributed by atoms with Crippen molar-refractivity contribution >= 4 is 16.9 Å². The van der Waals surface area contributed by atoms with E-state index in [1.165, 1.54) is 6.33 Å². The van der Waals surface area contributed by atoms with Crippen LogP contribution in [0.25, 0.3) is 11.0 Å². The van der Waals surface area contributed by atoms with Gasteiger partial charge in [-0.05, 0) is 24.3 Å². The van der Waals surface area contributed by atoms with E-state index in [4.69, 9.17) is 0 Å². The lowest BCUT2D eigenvalue weighted by Crippen LogP contribution is -2.14. The zero-order chi connectivity index (χ0) is 14.3. The minimum atomic E-state index is -1.67. The number of para-hydroxylation sites is 2. The Morgan fingerprint density at radius 1 is 1.00 bits per heavy atom. The smallest absolute Gasteiger partial charge is 0.266 e. The van der Waals surface area contributed by atoms with E-state index >= 15 is 0 Å². The SMILES string of the molecule is O=C(c1ccc(F)c(F)c1F)n1cnc2ccccc21. The first-order chi connectivity index (χ1) is 9.59. The van der Waals surface area contributed by atoms with E-state index in [1.54, 1.807) is 24.3 Å². The predicted molar refractivity (Wildman–Crippen MR) is 65.8 cm³/mol. The summed E-state index contributed by atoms with van der Waals surface area (Å²) >= 11 is 0. The molecule has 0 atom stereocenters. The van der Waals surface area contributed by atoms with Gasteiger partial charge in [-0.15, -0.1) is 0 Å². The monoisotopic (exact) mass is 276 g/mol. The van der Waals surface area contributed by atoms with E-state index in [1.807, 2.05) is 0 Å². The van der Waals surface area contributed by atoms with Crippen LogP contribution in [-0.4, -0.2) is 15.5 Å². The molecule has 0 amide bonds. The number of hydrogen-bond donors (Lipinski definition) is 0. The van der Waals surface area contributed by atoms with Gasteiger partial charge in [0, 0.05) is 0 Å². The molecule has 3 rings (SSSR count). The van der Waals surface area contributed by atoms with Gasteiger partial charge < -0.3 is 0 Å². The molecule has 3 nitrogen and oxygen atoms in total. The topological polar surface area (TPSA) is 34.9 Å². The molecule has 0 aliphatic rings. The summed E-state index contributed by atoms with van der Waals surface area (Å²) in [4.78, 5) is 16.2. The summed E-state index contributed by atoms with van der Waals surface area (Å²) in [6, 6.07) is 8.35. The Hall–Kier alpha value is -2.63. The molecule has 0 unspecified atom stereocenters. The van der Waals surface area contributed by atoms with Crippen LogP contribution in [0.2, 0.25) is 0 Å². The summed E-state index contributed by atoms with van der Waals surface area (Å²) in [6.45, 7) is 0. The van der Waals surface area contributed by atoms with Crippen LogP contribution in [0.4, 0.5) is 13.2 Å². The molecule has 2 aromatic carbocycles.